The van der Waals surface area contributed by atoms with Crippen LogP contribution in [0.4, 0.5) is 5.82 Å². The monoisotopic (exact) mass is 282 g/mol. The Morgan fingerprint density at radius 2 is 2.38 bits per heavy atom. The predicted octanol–water partition coefficient (Wildman–Crippen LogP) is 2.19. The highest BCUT2D eigenvalue weighted by atomic mass is 79.9. The van der Waals surface area contributed by atoms with Crippen LogP contribution < -0.4 is 4.90 Å². The number of rotatable bonds is 5. The first-order chi connectivity index (χ1) is 7.72. The van der Waals surface area contributed by atoms with E-state index in [2.05, 4.69) is 33.8 Å². The molecule has 0 bridgehead atoms. The topological polar surface area (TPSA) is 36.4 Å². The lowest BCUT2D eigenvalue weighted by Gasteiger charge is -2.22. The second-order valence-corrected chi connectivity index (χ2v) is 4.34. The number of nitrogens with zero attached hydrogens (tertiary/aromatic N) is 2. The number of hydrogen-bond acceptors (Lipinski definition) is 3. The molecule has 1 N–H and O–H groups in total. The minimum atomic E-state index is -0.0352. The van der Waals surface area contributed by atoms with Crippen molar-refractivity contribution in [1.29, 1.82) is 0 Å². The number of pyridine rings is 1. The Bertz CT molecular complexity index is 387. The average Bonchev–Trinajstić information content (AvgIpc) is 2.28. The summed E-state index contributed by atoms with van der Waals surface area (Å²) in [4.78, 5) is 6.31. The second-order valence-electron chi connectivity index (χ2n) is 3.42. The number of aliphatic hydroxyl groups is 1. The highest BCUT2D eigenvalue weighted by Crippen LogP contribution is 2.21. The number of anilines is 1. The molecule has 0 aromatic carbocycles. The largest absolute Gasteiger partial charge is 0.392 e. The molecule has 1 aromatic heterocycles. The minimum absolute atomic E-state index is 0.0352. The lowest BCUT2D eigenvalue weighted by Crippen LogP contribution is -2.26. The van der Waals surface area contributed by atoms with Crippen molar-refractivity contribution < 1.29 is 5.11 Å². The first-order valence-corrected chi connectivity index (χ1v) is 5.95. The van der Waals surface area contributed by atoms with E-state index in [1.54, 1.807) is 6.20 Å². The zero-order chi connectivity index (χ0) is 12.0. The summed E-state index contributed by atoms with van der Waals surface area (Å²) < 4.78 is 0.859. The molecule has 4 heteroatoms. The van der Waals surface area contributed by atoms with Gasteiger partial charge in [0, 0.05) is 22.8 Å². The van der Waals surface area contributed by atoms with Gasteiger partial charge < -0.3 is 10.0 Å². The van der Waals surface area contributed by atoms with Crippen LogP contribution in [0, 0.1) is 12.3 Å². The Kier molecular flexibility index (Phi) is 5.30. The molecule has 1 aromatic rings. The van der Waals surface area contributed by atoms with Crippen molar-refractivity contribution in [2.45, 2.75) is 20.0 Å². The summed E-state index contributed by atoms with van der Waals surface area (Å²) >= 11 is 3.33. The minimum Gasteiger partial charge on any atom is -0.392 e. The third-order valence-corrected chi connectivity index (χ3v) is 2.59. The molecule has 1 rings (SSSR count). The summed E-state index contributed by atoms with van der Waals surface area (Å²) in [7, 11) is 0. The first-order valence-electron chi connectivity index (χ1n) is 5.16. The molecular formula is C12H15BrN2O. The van der Waals surface area contributed by atoms with Gasteiger partial charge in [-0.15, -0.1) is 6.42 Å². The Labute approximate surface area is 105 Å². The number of hydrogen-bond donors (Lipinski definition) is 1. The molecule has 0 saturated heterocycles. The molecule has 0 spiro atoms. The van der Waals surface area contributed by atoms with Crippen LogP contribution in [0.5, 0.6) is 0 Å². The summed E-state index contributed by atoms with van der Waals surface area (Å²) in [5, 5.41) is 9.29. The van der Waals surface area contributed by atoms with Crippen LogP contribution in [0.2, 0.25) is 0 Å². The van der Waals surface area contributed by atoms with Gasteiger partial charge in [0.1, 0.15) is 5.82 Å². The maximum Gasteiger partial charge on any atom is 0.134 e. The lowest BCUT2D eigenvalue weighted by molar-refractivity contribution is 0.281. The van der Waals surface area contributed by atoms with Crippen LogP contribution in [0.25, 0.3) is 0 Å². The molecule has 0 aliphatic rings. The molecule has 3 nitrogen and oxygen atoms in total. The smallest absolute Gasteiger partial charge is 0.134 e. The standard InChI is InChI=1S/C12H15BrN2O/c1-3-5-15(6-4-2)12-10(9-16)7-11(13)8-14-12/h1,7-8,16H,4-6,9H2,2H3. The van der Waals surface area contributed by atoms with E-state index in [1.165, 1.54) is 0 Å². The molecule has 0 amide bonds. The van der Waals surface area contributed by atoms with Crippen molar-refractivity contribution >= 4 is 21.7 Å². The molecule has 16 heavy (non-hydrogen) atoms. The normalized spacial score (nSPS) is 9.88. The van der Waals surface area contributed by atoms with E-state index in [9.17, 15) is 5.11 Å². The van der Waals surface area contributed by atoms with Crippen LogP contribution in [-0.2, 0) is 6.61 Å². The van der Waals surface area contributed by atoms with Gasteiger partial charge in [0.15, 0.2) is 0 Å². The van der Waals surface area contributed by atoms with Crippen LogP contribution in [0.3, 0.4) is 0 Å². The Morgan fingerprint density at radius 3 is 2.94 bits per heavy atom. The summed E-state index contributed by atoms with van der Waals surface area (Å²) in [6.07, 6.45) is 8.03. The van der Waals surface area contributed by atoms with Crippen molar-refractivity contribution in [3.63, 3.8) is 0 Å². The molecule has 86 valence electrons. The lowest BCUT2D eigenvalue weighted by atomic mass is 10.2. The highest BCUT2D eigenvalue weighted by Gasteiger charge is 2.11. The zero-order valence-corrected chi connectivity index (χ0v) is 10.9. The average molecular weight is 283 g/mol. The fourth-order valence-electron chi connectivity index (χ4n) is 1.52. The van der Waals surface area contributed by atoms with Crippen molar-refractivity contribution in [2.24, 2.45) is 0 Å². The molecule has 0 aliphatic heterocycles. The zero-order valence-electron chi connectivity index (χ0n) is 9.28. The highest BCUT2D eigenvalue weighted by molar-refractivity contribution is 9.10. The van der Waals surface area contributed by atoms with Gasteiger partial charge in [-0.25, -0.2) is 4.98 Å². The Morgan fingerprint density at radius 1 is 1.62 bits per heavy atom. The van der Waals surface area contributed by atoms with E-state index in [4.69, 9.17) is 6.42 Å². The third-order valence-electron chi connectivity index (χ3n) is 2.16. The quantitative estimate of drug-likeness (QED) is 0.841. The number of terminal acetylenes is 1. The molecule has 0 saturated carbocycles. The molecule has 0 radical (unpaired) electrons. The van der Waals surface area contributed by atoms with Crippen LogP contribution >= 0.6 is 15.9 Å². The van der Waals surface area contributed by atoms with Gasteiger partial charge in [-0.2, -0.15) is 0 Å². The van der Waals surface area contributed by atoms with Gasteiger partial charge >= 0.3 is 0 Å². The number of aromatic nitrogens is 1. The molecule has 0 aliphatic carbocycles. The fraction of sp³-hybridized carbons (Fsp3) is 0.417. The predicted molar refractivity (Wildman–Crippen MR) is 69.2 cm³/mol. The SMILES string of the molecule is C#CCN(CCC)c1ncc(Br)cc1CO. The van der Waals surface area contributed by atoms with Crippen molar-refractivity contribution in [2.75, 3.05) is 18.0 Å². The maximum atomic E-state index is 9.29. The van der Waals surface area contributed by atoms with Crippen molar-refractivity contribution in [3.05, 3.63) is 22.3 Å². The van der Waals surface area contributed by atoms with Gasteiger partial charge in [0.05, 0.1) is 13.2 Å². The van der Waals surface area contributed by atoms with E-state index in [-0.39, 0.29) is 6.61 Å². The van der Waals surface area contributed by atoms with E-state index in [0.717, 1.165) is 28.8 Å². The fourth-order valence-corrected chi connectivity index (χ4v) is 1.89. The Hall–Kier alpha value is -1.05. The third kappa shape index (κ3) is 3.22. The first kappa shape index (κ1) is 13.0. The summed E-state index contributed by atoms with van der Waals surface area (Å²) in [5.41, 5.74) is 0.790. The second kappa shape index (κ2) is 6.51. The van der Waals surface area contributed by atoms with Gasteiger partial charge in [0.2, 0.25) is 0 Å². The molecule has 1 heterocycles. The molecular weight excluding hydrogens is 268 g/mol. The van der Waals surface area contributed by atoms with Crippen LogP contribution in [-0.4, -0.2) is 23.2 Å². The summed E-state index contributed by atoms with van der Waals surface area (Å²) in [5.74, 6) is 3.38. The summed E-state index contributed by atoms with van der Waals surface area (Å²) in [6, 6.07) is 1.86. The van der Waals surface area contributed by atoms with Gasteiger partial charge in [-0.1, -0.05) is 12.8 Å². The van der Waals surface area contributed by atoms with Gasteiger partial charge in [-0.3, -0.25) is 0 Å². The summed E-state index contributed by atoms with van der Waals surface area (Å²) in [6.45, 7) is 3.40. The van der Waals surface area contributed by atoms with Crippen molar-refractivity contribution in [1.82, 2.24) is 4.98 Å². The van der Waals surface area contributed by atoms with Crippen LogP contribution in [0.1, 0.15) is 18.9 Å². The maximum absolute atomic E-state index is 9.29. The number of halogens is 1. The molecule has 0 atom stereocenters. The number of aliphatic hydroxyl groups excluding tert-OH is 1. The van der Waals surface area contributed by atoms with E-state index < -0.39 is 0 Å². The van der Waals surface area contributed by atoms with E-state index in [0.29, 0.717) is 6.54 Å². The van der Waals surface area contributed by atoms with Crippen LogP contribution in [0.15, 0.2) is 16.7 Å². The van der Waals surface area contributed by atoms with Gasteiger partial charge in [0.25, 0.3) is 0 Å². The van der Waals surface area contributed by atoms with E-state index >= 15 is 0 Å². The Balaban J connectivity index is 3.03. The van der Waals surface area contributed by atoms with Gasteiger partial charge in [-0.05, 0) is 28.4 Å². The molecule has 0 fully saturated rings. The van der Waals surface area contributed by atoms with E-state index in [1.807, 2.05) is 11.0 Å². The van der Waals surface area contributed by atoms with Crippen molar-refractivity contribution in [3.8, 4) is 12.3 Å². The molecule has 0 unspecified atom stereocenters.